The molecule has 106 valence electrons. The first-order valence-corrected chi connectivity index (χ1v) is 7.41. The lowest BCUT2D eigenvalue weighted by Crippen LogP contribution is -2.46. The van der Waals surface area contributed by atoms with Crippen molar-refractivity contribution in [2.45, 2.75) is 39.3 Å². The molecule has 5 heteroatoms. The van der Waals surface area contributed by atoms with E-state index in [1.165, 1.54) is 6.42 Å². The maximum atomic E-state index is 5.31. The summed E-state index contributed by atoms with van der Waals surface area (Å²) in [5.41, 5.74) is 0.273. The maximum Gasteiger partial charge on any atom is 0.156 e. The summed E-state index contributed by atoms with van der Waals surface area (Å²) in [5, 5.41) is 4.57. The molecule has 2 unspecified atom stereocenters. The minimum absolute atomic E-state index is 0.0416. The van der Waals surface area contributed by atoms with Crippen LogP contribution in [-0.2, 0) is 9.47 Å². The molecule has 1 aliphatic heterocycles. The number of thioether (sulfide) groups is 1. The van der Waals surface area contributed by atoms with Crippen LogP contribution in [0.25, 0.3) is 0 Å². The first-order chi connectivity index (χ1) is 8.47. The number of nitrogens with zero attached hydrogens (tertiary/aromatic N) is 1. The van der Waals surface area contributed by atoms with Crippen LogP contribution in [-0.4, -0.2) is 50.4 Å². The molecule has 1 saturated heterocycles. The zero-order chi connectivity index (χ0) is 13.6. The molecule has 0 aromatic rings. The van der Waals surface area contributed by atoms with Gasteiger partial charge in [-0.05, 0) is 11.8 Å². The van der Waals surface area contributed by atoms with Gasteiger partial charge in [0, 0.05) is 26.0 Å². The monoisotopic (exact) mass is 274 g/mol. The van der Waals surface area contributed by atoms with Gasteiger partial charge in [0.1, 0.15) is 0 Å². The van der Waals surface area contributed by atoms with E-state index in [2.05, 4.69) is 31.1 Å². The van der Waals surface area contributed by atoms with E-state index in [4.69, 9.17) is 9.47 Å². The van der Waals surface area contributed by atoms with Crippen molar-refractivity contribution in [1.82, 2.24) is 5.32 Å². The predicted molar refractivity (Wildman–Crippen MR) is 78.4 cm³/mol. The number of hydrogen-bond donors (Lipinski definition) is 1. The molecule has 18 heavy (non-hydrogen) atoms. The van der Waals surface area contributed by atoms with E-state index in [1.807, 2.05) is 0 Å². The molecule has 0 aromatic heterocycles. The number of hydrogen-bond acceptors (Lipinski definition) is 4. The fourth-order valence-electron chi connectivity index (χ4n) is 1.84. The standard InChI is InChI=1S/C13H26N2O2S/c1-13(2,3)11-6-7-18-12(15-11)14-8-10(17-5)9-16-4/h10-11H,6-9H2,1-5H3,(H,14,15). The zero-order valence-electron chi connectivity index (χ0n) is 12.2. The third-order valence-corrected chi connectivity index (χ3v) is 4.07. The summed E-state index contributed by atoms with van der Waals surface area (Å²) in [6, 6.07) is 0.501. The number of ether oxygens (including phenoxy) is 2. The Bertz CT molecular complexity index is 277. The highest BCUT2D eigenvalue weighted by Gasteiger charge is 2.28. The molecule has 4 nitrogen and oxygen atoms in total. The quantitative estimate of drug-likeness (QED) is 0.834. The van der Waals surface area contributed by atoms with Crippen molar-refractivity contribution in [3.63, 3.8) is 0 Å². The second-order valence-electron chi connectivity index (χ2n) is 5.66. The largest absolute Gasteiger partial charge is 0.382 e. The highest BCUT2D eigenvalue weighted by atomic mass is 32.2. The summed E-state index contributed by atoms with van der Waals surface area (Å²) in [6.45, 7) is 8.03. The molecule has 2 atom stereocenters. The Balaban J connectivity index is 2.50. The average Bonchev–Trinajstić information content (AvgIpc) is 2.34. The van der Waals surface area contributed by atoms with Crippen LogP contribution in [0, 0.1) is 5.41 Å². The Labute approximate surface area is 115 Å². The van der Waals surface area contributed by atoms with Crippen molar-refractivity contribution in [2.24, 2.45) is 10.4 Å². The smallest absolute Gasteiger partial charge is 0.156 e. The molecule has 0 spiro atoms. The second-order valence-corrected chi connectivity index (χ2v) is 6.74. The van der Waals surface area contributed by atoms with Gasteiger partial charge in [-0.3, -0.25) is 4.99 Å². The number of rotatable bonds is 5. The predicted octanol–water partition coefficient (Wildman–Crippen LogP) is 2.14. The van der Waals surface area contributed by atoms with Crippen LogP contribution in [0.1, 0.15) is 27.2 Å². The zero-order valence-corrected chi connectivity index (χ0v) is 13.0. The number of aliphatic imine (C=N–C) groups is 1. The Hall–Kier alpha value is -0.260. The summed E-state index contributed by atoms with van der Waals surface area (Å²) < 4.78 is 10.4. The van der Waals surface area contributed by atoms with Gasteiger partial charge in [0.15, 0.2) is 5.17 Å². The van der Waals surface area contributed by atoms with Gasteiger partial charge in [-0.1, -0.05) is 32.5 Å². The fraction of sp³-hybridized carbons (Fsp3) is 0.923. The lowest BCUT2D eigenvalue weighted by molar-refractivity contribution is 0.0344. The molecule has 1 N–H and O–H groups in total. The Kier molecular flexibility index (Phi) is 6.46. The molecule has 0 amide bonds. The van der Waals surface area contributed by atoms with Crippen LogP contribution in [0.2, 0.25) is 0 Å². The summed E-state index contributed by atoms with van der Waals surface area (Å²) in [5.74, 6) is 1.13. The molecule has 1 heterocycles. The van der Waals surface area contributed by atoms with Gasteiger partial charge in [0.2, 0.25) is 0 Å². The van der Waals surface area contributed by atoms with Crippen LogP contribution in [0.3, 0.4) is 0 Å². The van der Waals surface area contributed by atoms with Crippen molar-refractivity contribution < 1.29 is 9.47 Å². The van der Waals surface area contributed by atoms with E-state index in [-0.39, 0.29) is 11.5 Å². The lowest BCUT2D eigenvalue weighted by atomic mass is 9.85. The third kappa shape index (κ3) is 5.16. The minimum atomic E-state index is 0.0416. The third-order valence-electron chi connectivity index (χ3n) is 3.11. The minimum Gasteiger partial charge on any atom is -0.382 e. The topological polar surface area (TPSA) is 42.8 Å². The molecule has 1 fully saturated rings. The van der Waals surface area contributed by atoms with Crippen LogP contribution >= 0.6 is 11.8 Å². The van der Waals surface area contributed by atoms with Gasteiger partial charge in [-0.2, -0.15) is 0 Å². The van der Waals surface area contributed by atoms with Gasteiger partial charge in [0.05, 0.1) is 19.3 Å². The first kappa shape index (κ1) is 15.8. The Morgan fingerprint density at radius 3 is 2.72 bits per heavy atom. The number of amidine groups is 1. The van der Waals surface area contributed by atoms with Gasteiger partial charge >= 0.3 is 0 Å². The fourth-order valence-corrected chi connectivity index (χ4v) is 2.78. The van der Waals surface area contributed by atoms with Gasteiger partial charge in [-0.25, -0.2) is 0 Å². The molecule has 0 aromatic carbocycles. The second kappa shape index (κ2) is 7.36. The van der Waals surface area contributed by atoms with Crippen LogP contribution in [0.4, 0.5) is 0 Å². The van der Waals surface area contributed by atoms with Crippen LogP contribution < -0.4 is 5.32 Å². The summed E-state index contributed by atoms with van der Waals surface area (Å²) in [7, 11) is 3.38. The van der Waals surface area contributed by atoms with Gasteiger partial charge in [-0.15, -0.1) is 0 Å². The SMILES string of the molecule is COCC(CN=C1NC(C(C)(C)C)CCS1)OC. The van der Waals surface area contributed by atoms with E-state index in [0.717, 1.165) is 10.9 Å². The number of methoxy groups -OCH3 is 2. The highest BCUT2D eigenvalue weighted by molar-refractivity contribution is 8.13. The van der Waals surface area contributed by atoms with Crippen LogP contribution in [0.5, 0.6) is 0 Å². The molecule has 1 rings (SSSR count). The maximum absolute atomic E-state index is 5.31. The highest BCUT2D eigenvalue weighted by Crippen LogP contribution is 2.27. The molecule has 0 bridgehead atoms. The number of nitrogens with one attached hydrogen (secondary N) is 1. The summed E-state index contributed by atoms with van der Waals surface area (Å²) >= 11 is 1.80. The summed E-state index contributed by atoms with van der Waals surface area (Å²) in [6.07, 6.45) is 1.24. The first-order valence-electron chi connectivity index (χ1n) is 6.43. The van der Waals surface area contributed by atoms with E-state index >= 15 is 0 Å². The summed E-state index contributed by atoms with van der Waals surface area (Å²) in [4.78, 5) is 4.60. The molecule has 0 aliphatic carbocycles. The van der Waals surface area contributed by atoms with Crippen LogP contribution in [0.15, 0.2) is 4.99 Å². The van der Waals surface area contributed by atoms with Crippen molar-refractivity contribution in [1.29, 1.82) is 0 Å². The van der Waals surface area contributed by atoms with E-state index < -0.39 is 0 Å². The van der Waals surface area contributed by atoms with Crippen molar-refractivity contribution in [2.75, 3.05) is 33.1 Å². The van der Waals surface area contributed by atoms with Crippen molar-refractivity contribution >= 4 is 16.9 Å². The molecule has 0 saturated carbocycles. The molecular weight excluding hydrogens is 248 g/mol. The Morgan fingerprint density at radius 2 is 2.17 bits per heavy atom. The normalized spacial score (nSPS) is 24.9. The molecular formula is C13H26N2O2S. The molecule has 1 aliphatic rings. The molecule has 0 radical (unpaired) electrons. The van der Waals surface area contributed by atoms with E-state index in [0.29, 0.717) is 19.2 Å². The van der Waals surface area contributed by atoms with E-state index in [1.54, 1.807) is 26.0 Å². The Morgan fingerprint density at radius 1 is 1.44 bits per heavy atom. The lowest BCUT2D eigenvalue weighted by Gasteiger charge is -2.35. The van der Waals surface area contributed by atoms with Gasteiger partial charge < -0.3 is 14.8 Å². The van der Waals surface area contributed by atoms with Gasteiger partial charge in [0.25, 0.3) is 0 Å². The van der Waals surface area contributed by atoms with E-state index in [9.17, 15) is 0 Å². The van der Waals surface area contributed by atoms with Crippen molar-refractivity contribution in [3.8, 4) is 0 Å². The average molecular weight is 274 g/mol. The van der Waals surface area contributed by atoms with Crippen molar-refractivity contribution in [3.05, 3.63) is 0 Å².